The first-order valence-corrected chi connectivity index (χ1v) is 9.68. The van der Waals surface area contributed by atoms with Gasteiger partial charge in [-0.1, -0.05) is 18.2 Å². The minimum atomic E-state index is -0.785. The topological polar surface area (TPSA) is 26.7 Å². The monoisotopic (exact) mass is 372 g/mol. The van der Waals surface area contributed by atoms with E-state index in [1.54, 1.807) is 12.1 Å². The van der Waals surface area contributed by atoms with Crippen LogP contribution in [0, 0.1) is 17.0 Å². The van der Waals surface area contributed by atoms with Crippen LogP contribution in [0.3, 0.4) is 0 Å². The van der Waals surface area contributed by atoms with Crippen molar-refractivity contribution in [1.29, 1.82) is 0 Å². The number of piperidine rings is 1. The van der Waals surface area contributed by atoms with Crippen molar-refractivity contribution in [3.05, 3.63) is 65.2 Å². The summed E-state index contributed by atoms with van der Waals surface area (Å²) in [4.78, 5) is 4.85. The Morgan fingerprint density at radius 3 is 2.33 bits per heavy atom. The van der Waals surface area contributed by atoms with Crippen LogP contribution in [0.2, 0.25) is 0 Å². The van der Waals surface area contributed by atoms with Crippen LogP contribution in [0.15, 0.2) is 42.5 Å². The van der Waals surface area contributed by atoms with Gasteiger partial charge in [0.05, 0.1) is 0 Å². The molecule has 144 valence electrons. The average molecular weight is 372 g/mol. The number of phenols is 1. The van der Waals surface area contributed by atoms with E-state index in [1.165, 1.54) is 25.0 Å². The number of hydrogen-bond donors (Lipinski definition) is 1. The number of phenolic OH excluding ortho intramolecular Hbond substituents is 1. The molecule has 2 fully saturated rings. The predicted molar refractivity (Wildman–Crippen MR) is 101 cm³/mol. The molecule has 2 aromatic carbocycles. The molecule has 5 heteroatoms. The third-order valence-electron chi connectivity index (χ3n) is 5.96. The number of nitrogens with zero attached hydrogens (tertiary/aromatic N) is 2. The highest BCUT2D eigenvalue weighted by molar-refractivity contribution is 5.27. The number of likely N-dealkylation sites (tertiary alicyclic amines) is 2. The van der Waals surface area contributed by atoms with Gasteiger partial charge in [-0.25, -0.2) is 8.78 Å². The lowest BCUT2D eigenvalue weighted by atomic mass is 9.79. The molecule has 0 aliphatic carbocycles. The van der Waals surface area contributed by atoms with Gasteiger partial charge in [0.2, 0.25) is 0 Å². The molecule has 1 N–H and O–H groups in total. The van der Waals surface area contributed by atoms with Gasteiger partial charge in [0.25, 0.3) is 0 Å². The summed E-state index contributed by atoms with van der Waals surface area (Å²) >= 11 is 0. The van der Waals surface area contributed by atoms with Crippen LogP contribution in [0.5, 0.6) is 5.75 Å². The lowest BCUT2D eigenvalue weighted by Crippen LogP contribution is -2.44. The summed E-state index contributed by atoms with van der Waals surface area (Å²) in [5.41, 5.74) is 2.26. The van der Waals surface area contributed by atoms with Gasteiger partial charge in [0.1, 0.15) is 5.75 Å². The van der Waals surface area contributed by atoms with E-state index in [1.807, 2.05) is 12.1 Å². The fraction of sp³-hybridized carbons (Fsp3) is 0.455. The van der Waals surface area contributed by atoms with Gasteiger partial charge in [-0.3, -0.25) is 9.80 Å². The first-order chi connectivity index (χ1) is 13.0. The number of aromatic hydroxyl groups is 1. The lowest BCUT2D eigenvalue weighted by molar-refractivity contribution is 0.0865. The summed E-state index contributed by atoms with van der Waals surface area (Å²) in [6, 6.07) is 11.7. The zero-order chi connectivity index (χ0) is 18.9. The Kier molecular flexibility index (Phi) is 5.15. The van der Waals surface area contributed by atoms with Crippen molar-refractivity contribution in [3.8, 4) is 5.75 Å². The van der Waals surface area contributed by atoms with Crippen molar-refractivity contribution in [2.75, 3.05) is 26.2 Å². The van der Waals surface area contributed by atoms with E-state index in [0.29, 0.717) is 12.3 Å². The molecule has 2 aliphatic rings. The normalized spacial score (nSPS) is 23.9. The molecule has 4 rings (SSSR count). The Morgan fingerprint density at radius 2 is 1.59 bits per heavy atom. The molecule has 0 aromatic heterocycles. The molecule has 3 nitrogen and oxygen atoms in total. The highest BCUT2D eigenvalue weighted by Gasteiger charge is 2.41. The first kappa shape index (κ1) is 18.4. The van der Waals surface area contributed by atoms with Crippen molar-refractivity contribution < 1.29 is 13.9 Å². The molecule has 0 saturated carbocycles. The van der Waals surface area contributed by atoms with Gasteiger partial charge in [0, 0.05) is 26.2 Å². The van der Waals surface area contributed by atoms with E-state index < -0.39 is 11.6 Å². The second-order valence-corrected chi connectivity index (χ2v) is 8.19. The fourth-order valence-corrected chi connectivity index (χ4v) is 4.75. The average Bonchev–Trinajstić information content (AvgIpc) is 3.00. The fourth-order valence-electron chi connectivity index (χ4n) is 4.75. The van der Waals surface area contributed by atoms with Crippen LogP contribution in [0.4, 0.5) is 8.78 Å². The summed E-state index contributed by atoms with van der Waals surface area (Å²) in [6.07, 6.45) is 3.53. The van der Waals surface area contributed by atoms with E-state index in [4.69, 9.17) is 0 Å². The molecule has 0 bridgehead atoms. The van der Waals surface area contributed by atoms with E-state index in [-0.39, 0.29) is 5.41 Å². The highest BCUT2D eigenvalue weighted by Crippen LogP contribution is 2.40. The van der Waals surface area contributed by atoms with E-state index in [9.17, 15) is 13.9 Å². The zero-order valence-electron chi connectivity index (χ0n) is 15.5. The highest BCUT2D eigenvalue weighted by atomic mass is 19.2. The summed E-state index contributed by atoms with van der Waals surface area (Å²) in [6.45, 7) is 5.66. The largest absolute Gasteiger partial charge is 0.508 e. The first-order valence-electron chi connectivity index (χ1n) is 9.68. The smallest absolute Gasteiger partial charge is 0.159 e. The minimum Gasteiger partial charge on any atom is -0.508 e. The Bertz CT molecular complexity index is 813. The number of halogens is 2. The summed E-state index contributed by atoms with van der Waals surface area (Å²) in [5, 5.41) is 9.67. The standard InChI is InChI=1S/C22H26F2N2O/c23-20-6-5-18(12-21(20)24)14-25-9-2-7-22(15-25)8-10-26(16-22)13-17-3-1-4-19(27)11-17/h1,3-6,11-12,27H,2,7-10,13-16H2. The second kappa shape index (κ2) is 7.56. The molecule has 1 spiro atoms. The van der Waals surface area contributed by atoms with Gasteiger partial charge in [0.15, 0.2) is 11.6 Å². The predicted octanol–water partition coefficient (Wildman–Crippen LogP) is 4.16. The lowest BCUT2D eigenvalue weighted by Gasteiger charge is -2.40. The SMILES string of the molecule is Oc1cccc(CN2CCC3(CCCN(Cc4ccc(F)c(F)c4)C3)C2)c1. The Morgan fingerprint density at radius 1 is 0.852 bits per heavy atom. The zero-order valence-corrected chi connectivity index (χ0v) is 15.5. The van der Waals surface area contributed by atoms with Crippen LogP contribution >= 0.6 is 0 Å². The van der Waals surface area contributed by atoms with Crippen LogP contribution in [-0.2, 0) is 13.1 Å². The molecule has 1 unspecified atom stereocenters. The van der Waals surface area contributed by atoms with Gasteiger partial charge < -0.3 is 5.11 Å². The molecule has 0 amide bonds. The van der Waals surface area contributed by atoms with Crippen molar-refractivity contribution in [1.82, 2.24) is 9.80 Å². The van der Waals surface area contributed by atoms with Gasteiger partial charge in [-0.15, -0.1) is 0 Å². The third-order valence-corrected chi connectivity index (χ3v) is 5.96. The van der Waals surface area contributed by atoms with Crippen molar-refractivity contribution >= 4 is 0 Å². The van der Waals surface area contributed by atoms with Crippen molar-refractivity contribution in [2.45, 2.75) is 32.4 Å². The molecule has 2 aliphatic heterocycles. The van der Waals surface area contributed by atoms with Crippen LogP contribution < -0.4 is 0 Å². The number of hydrogen-bond acceptors (Lipinski definition) is 3. The number of benzene rings is 2. The van der Waals surface area contributed by atoms with E-state index in [0.717, 1.165) is 50.3 Å². The molecule has 2 saturated heterocycles. The molecule has 1 atom stereocenters. The van der Waals surface area contributed by atoms with E-state index >= 15 is 0 Å². The number of rotatable bonds is 4. The molecule has 0 radical (unpaired) electrons. The van der Waals surface area contributed by atoms with Crippen LogP contribution in [0.1, 0.15) is 30.4 Å². The summed E-state index contributed by atoms with van der Waals surface area (Å²) in [7, 11) is 0. The van der Waals surface area contributed by atoms with Crippen molar-refractivity contribution in [3.63, 3.8) is 0 Å². The second-order valence-electron chi connectivity index (χ2n) is 8.19. The maximum absolute atomic E-state index is 13.5. The quantitative estimate of drug-likeness (QED) is 0.873. The summed E-state index contributed by atoms with van der Waals surface area (Å²) in [5.74, 6) is -1.23. The molecule has 27 heavy (non-hydrogen) atoms. The Balaban J connectivity index is 1.38. The maximum Gasteiger partial charge on any atom is 0.159 e. The Hall–Kier alpha value is -1.98. The molecular weight excluding hydrogens is 346 g/mol. The third kappa shape index (κ3) is 4.30. The van der Waals surface area contributed by atoms with Gasteiger partial charge in [-0.05, 0) is 73.2 Å². The molecule has 2 heterocycles. The van der Waals surface area contributed by atoms with Crippen molar-refractivity contribution in [2.24, 2.45) is 5.41 Å². The van der Waals surface area contributed by atoms with Crippen LogP contribution in [-0.4, -0.2) is 41.1 Å². The van der Waals surface area contributed by atoms with Gasteiger partial charge in [-0.2, -0.15) is 0 Å². The van der Waals surface area contributed by atoms with Crippen LogP contribution in [0.25, 0.3) is 0 Å². The maximum atomic E-state index is 13.5. The van der Waals surface area contributed by atoms with Gasteiger partial charge >= 0.3 is 0 Å². The van der Waals surface area contributed by atoms with E-state index in [2.05, 4.69) is 15.9 Å². The summed E-state index contributed by atoms with van der Waals surface area (Å²) < 4.78 is 26.7. The minimum absolute atomic E-state index is 0.285. The Labute approximate surface area is 159 Å². The molecule has 2 aromatic rings. The molecular formula is C22H26F2N2O.